The Bertz CT molecular complexity index is 617. The molecule has 0 unspecified atom stereocenters. The lowest BCUT2D eigenvalue weighted by molar-refractivity contribution is 0.578. The number of rotatable bonds is 6. The summed E-state index contributed by atoms with van der Waals surface area (Å²) in [6.45, 7) is 5.89. The van der Waals surface area contributed by atoms with Crippen molar-refractivity contribution in [3.63, 3.8) is 0 Å². The molecule has 0 bridgehead atoms. The Hall–Kier alpha value is -1.88. The van der Waals surface area contributed by atoms with Crippen molar-refractivity contribution < 1.29 is 0 Å². The Morgan fingerprint density at radius 1 is 1.26 bits per heavy atom. The Kier molecular flexibility index (Phi) is 6.59. The summed E-state index contributed by atoms with van der Waals surface area (Å²) in [4.78, 5) is 11.4. The highest BCUT2D eigenvalue weighted by Gasteiger charge is 2.06. The van der Waals surface area contributed by atoms with E-state index >= 15 is 0 Å². The molecular weight excluding hydrogens is 304 g/mol. The normalized spacial score (nSPS) is 11.8. The molecule has 1 aromatic heterocycles. The predicted octanol–water partition coefficient (Wildman–Crippen LogP) is 3.52. The van der Waals surface area contributed by atoms with Gasteiger partial charge in [0.2, 0.25) is 0 Å². The largest absolute Gasteiger partial charge is 0.356 e. The van der Waals surface area contributed by atoms with Crippen LogP contribution in [0.4, 0.5) is 0 Å². The van der Waals surface area contributed by atoms with Gasteiger partial charge in [-0.05, 0) is 5.56 Å². The Labute approximate surface area is 143 Å². The third-order valence-electron chi connectivity index (χ3n) is 3.41. The van der Waals surface area contributed by atoms with Crippen molar-refractivity contribution in [2.24, 2.45) is 4.99 Å². The molecule has 1 N–H and O–H groups in total. The monoisotopic (exact) mass is 330 g/mol. The van der Waals surface area contributed by atoms with Gasteiger partial charge in [0.15, 0.2) is 5.96 Å². The molecule has 0 aliphatic rings. The molecule has 124 valence electrons. The number of hydrogen-bond acceptors (Lipinski definition) is 3. The first-order valence-electron chi connectivity index (χ1n) is 8.00. The zero-order valence-corrected chi connectivity index (χ0v) is 15.2. The van der Waals surface area contributed by atoms with E-state index in [4.69, 9.17) is 0 Å². The molecule has 0 aliphatic carbocycles. The van der Waals surface area contributed by atoms with Gasteiger partial charge in [0, 0.05) is 38.4 Å². The molecule has 5 heteroatoms. The van der Waals surface area contributed by atoms with Crippen LogP contribution in [0.2, 0.25) is 0 Å². The number of thiazole rings is 1. The van der Waals surface area contributed by atoms with Gasteiger partial charge in [-0.25, -0.2) is 9.98 Å². The fourth-order valence-electron chi connectivity index (χ4n) is 2.11. The second-order valence-corrected chi connectivity index (χ2v) is 6.92. The second kappa shape index (κ2) is 8.67. The van der Waals surface area contributed by atoms with E-state index in [1.807, 2.05) is 37.2 Å². The summed E-state index contributed by atoms with van der Waals surface area (Å²) < 4.78 is 0. The van der Waals surface area contributed by atoms with E-state index in [0.29, 0.717) is 12.5 Å². The van der Waals surface area contributed by atoms with Gasteiger partial charge in [0.25, 0.3) is 0 Å². The number of aliphatic imine (C=N–C) groups is 1. The van der Waals surface area contributed by atoms with Gasteiger partial charge >= 0.3 is 0 Å². The number of guanidine groups is 1. The molecule has 2 rings (SSSR count). The van der Waals surface area contributed by atoms with Crippen molar-refractivity contribution in [2.45, 2.75) is 32.7 Å². The maximum atomic E-state index is 4.67. The molecule has 0 saturated carbocycles. The van der Waals surface area contributed by atoms with Crippen molar-refractivity contribution in [1.82, 2.24) is 15.2 Å². The standard InChI is InChI=1S/C18H26N4S/c1-14(2)17-21-16(13-23-17)10-11-19-18(22(3)4)20-12-15-8-6-5-7-9-15/h5-9,13-14H,10-12H2,1-4H3,(H,19,20). The molecule has 1 aromatic carbocycles. The number of nitrogens with one attached hydrogen (secondary N) is 1. The lowest BCUT2D eigenvalue weighted by atomic mass is 10.2. The van der Waals surface area contributed by atoms with Crippen LogP contribution >= 0.6 is 11.3 Å². The van der Waals surface area contributed by atoms with E-state index < -0.39 is 0 Å². The van der Waals surface area contributed by atoms with Crippen molar-refractivity contribution in [2.75, 3.05) is 20.6 Å². The summed E-state index contributed by atoms with van der Waals surface area (Å²) in [6.07, 6.45) is 0.918. The van der Waals surface area contributed by atoms with E-state index in [9.17, 15) is 0 Å². The summed E-state index contributed by atoms with van der Waals surface area (Å²) in [5.41, 5.74) is 2.38. The summed E-state index contributed by atoms with van der Waals surface area (Å²) >= 11 is 1.75. The van der Waals surface area contributed by atoms with E-state index in [2.05, 4.69) is 46.7 Å². The molecule has 0 spiro atoms. The highest BCUT2D eigenvalue weighted by Crippen LogP contribution is 2.19. The smallest absolute Gasteiger partial charge is 0.193 e. The molecule has 0 radical (unpaired) electrons. The molecule has 23 heavy (non-hydrogen) atoms. The summed E-state index contributed by atoms with van der Waals surface area (Å²) in [5.74, 6) is 1.42. The lowest BCUT2D eigenvalue weighted by Crippen LogP contribution is -2.37. The molecule has 0 saturated heterocycles. The number of benzene rings is 1. The fraction of sp³-hybridized carbons (Fsp3) is 0.444. The van der Waals surface area contributed by atoms with Gasteiger partial charge in [0.1, 0.15) is 0 Å². The van der Waals surface area contributed by atoms with Crippen LogP contribution in [0.1, 0.15) is 36.0 Å². The first-order valence-corrected chi connectivity index (χ1v) is 8.88. The molecular formula is C18H26N4S. The van der Waals surface area contributed by atoms with Gasteiger partial charge in [-0.2, -0.15) is 0 Å². The minimum Gasteiger partial charge on any atom is -0.356 e. The highest BCUT2D eigenvalue weighted by molar-refractivity contribution is 7.09. The topological polar surface area (TPSA) is 40.5 Å². The van der Waals surface area contributed by atoms with Crippen molar-refractivity contribution in [3.05, 3.63) is 52.0 Å². The van der Waals surface area contributed by atoms with Crippen LogP contribution in [0.5, 0.6) is 0 Å². The molecule has 4 nitrogen and oxygen atoms in total. The maximum absolute atomic E-state index is 4.67. The average molecular weight is 331 g/mol. The van der Waals surface area contributed by atoms with Gasteiger partial charge in [0.05, 0.1) is 17.2 Å². The van der Waals surface area contributed by atoms with Gasteiger partial charge in [-0.3, -0.25) is 0 Å². The molecule has 0 amide bonds. The van der Waals surface area contributed by atoms with Crippen molar-refractivity contribution >= 4 is 17.3 Å². The molecule has 0 fully saturated rings. The summed E-state index contributed by atoms with van der Waals surface area (Å²) in [6, 6.07) is 10.3. The van der Waals surface area contributed by atoms with Crippen LogP contribution in [0, 0.1) is 0 Å². The van der Waals surface area contributed by atoms with Crippen LogP contribution in [-0.4, -0.2) is 36.5 Å². The number of aromatic nitrogens is 1. The summed E-state index contributed by atoms with van der Waals surface area (Å²) in [7, 11) is 4.02. The van der Waals surface area contributed by atoms with Gasteiger partial charge < -0.3 is 10.2 Å². The Balaban J connectivity index is 1.86. The van der Waals surface area contributed by atoms with Crippen LogP contribution in [-0.2, 0) is 13.0 Å². The quantitative estimate of drug-likeness (QED) is 0.651. The maximum Gasteiger partial charge on any atom is 0.193 e. The molecule has 0 aliphatic heterocycles. The third-order valence-corrected chi connectivity index (χ3v) is 4.60. The average Bonchev–Trinajstić information content (AvgIpc) is 3.00. The van der Waals surface area contributed by atoms with E-state index in [0.717, 1.165) is 24.6 Å². The van der Waals surface area contributed by atoms with E-state index in [1.54, 1.807) is 11.3 Å². The first-order chi connectivity index (χ1) is 11.1. The number of nitrogens with zero attached hydrogens (tertiary/aromatic N) is 3. The van der Waals surface area contributed by atoms with Crippen LogP contribution < -0.4 is 5.32 Å². The van der Waals surface area contributed by atoms with E-state index in [1.165, 1.54) is 10.6 Å². The van der Waals surface area contributed by atoms with Crippen molar-refractivity contribution in [1.29, 1.82) is 0 Å². The van der Waals surface area contributed by atoms with Crippen LogP contribution in [0.15, 0.2) is 40.7 Å². The second-order valence-electron chi connectivity index (χ2n) is 6.03. The van der Waals surface area contributed by atoms with Crippen LogP contribution in [0.25, 0.3) is 0 Å². The third kappa shape index (κ3) is 5.67. The minimum atomic E-state index is 0.506. The summed E-state index contributed by atoms with van der Waals surface area (Å²) in [5, 5.41) is 6.79. The minimum absolute atomic E-state index is 0.506. The van der Waals surface area contributed by atoms with Crippen molar-refractivity contribution in [3.8, 4) is 0 Å². The van der Waals surface area contributed by atoms with E-state index in [-0.39, 0.29) is 0 Å². The van der Waals surface area contributed by atoms with Crippen LogP contribution in [0.3, 0.4) is 0 Å². The molecule has 0 atom stereocenters. The highest BCUT2D eigenvalue weighted by atomic mass is 32.1. The SMILES string of the molecule is CC(C)c1nc(CCNC(=NCc2ccccc2)N(C)C)cs1. The Morgan fingerprint density at radius 2 is 2.00 bits per heavy atom. The lowest BCUT2D eigenvalue weighted by Gasteiger charge is -2.17. The zero-order chi connectivity index (χ0) is 16.7. The zero-order valence-electron chi connectivity index (χ0n) is 14.4. The molecule has 2 aromatic rings. The van der Waals surface area contributed by atoms with Gasteiger partial charge in [-0.15, -0.1) is 11.3 Å². The first kappa shape index (κ1) is 17.5. The number of hydrogen-bond donors (Lipinski definition) is 1. The fourth-order valence-corrected chi connectivity index (χ4v) is 2.98. The predicted molar refractivity (Wildman–Crippen MR) is 99.2 cm³/mol. The Morgan fingerprint density at radius 3 is 2.61 bits per heavy atom. The van der Waals surface area contributed by atoms with Gasteiger partial charge in [-0.1, -0.05) is 44.2 Å². The molecule has 1 heterocycles.